The van der Waals surface area contributed by atoms with Gasteiger partial charge in [0, 0.05) is 12.0 Å². The Labute approximate surface area is 126 Å². The van der Waals surface area contributed by atoms with E-state index in [4.69, 9.17) is 5.84 Å². The molecule has 2 nitrogen and oxygen atoms in total. The predicted octanol–water partition coefficient (Wildman–Crippen LogP) is 3.30. The van der Waals surface area contributed by atoms with Crippen LogP contribution in [0, 0.1) is 5.82 Å². The van der Waals surface area contributed by atoms with Crippen LogP contribution >= 0.6 is 15.9 Å². The van der Waals surface area contributed by atoms with Crippen LogP contribution in [-0.4, -0.2) is 6.04 Å². The Hall–Kier alpha value is -1.23. The number of hydrogen-bond donors (Lipinski definition) is 2. The van der Waals surface area contributed by atoms with Crippen molar-refractivity contribution in [2.24, 2.45) is 5.84 Å². The summed E-state index contributed by atoms with van der Waals surface area (Å²) in [6, 6.07) is 13.6. The van der Waals surface area contributed by atoms with E-state index in [1.165, 1.54) is 17.2 Å². The van der Waals surface area contributed by atoms with E-state index in [9.17, 15) is 4.39 Å². The van der Waals surface area contributed by atoms with Crippen LogP contribution < -0.4 is 11.3 Å². The van der Waals surface area contributed by atoms with Crippen molar-refractivity contribution in [1.82, 2.24) is 5.43 Å². The van der Waals surface area contributed by atoms with Gasteiger partial charge in [0.2, 0.25) is 0 Å². The number of benzene rings is 2. The fraction of sp³-hybridized carbons (Fsp3) is 0.250. The zero-order valence-corrected chi connectivity index (χ0v) is 12.5. The molecule has 0 aromatic heterocycles. The fourth-order valence-corrected chi connectivity index (χ4v) is 3.34. The second-order valence-electron chi connectivity index (χ2n) is 5.20. The summed E-state index contributed by atoms with van der Waals surface area (Å²) in [6.45, 7) is 0. The Kier molecular flexibility index (Phi) is 3.87. The van der Waals surface area contributed by atoms with Crippen LogP contribution in [0.25, 0.3) is 0 Å². The van der Waals surface area contributed by atoms with E-state index in [-0.39, 0.29) is 11.9 Å². The number of halogens is 2. The van der Waals surface area contributed by atoms with Crippen LogP contribution in [0.5, 0.6) is 0 Å². The second kappa shape index (κ2) is 5.64. The minimum absolute atomic E-state index is 0.114. The summed E-state index contributed by atoms with van der Waals surface area (Å²) in [5.41, 5.74) is 6.57. The summed E-state index contributed by atoms with van der Waals surface area (Å²) in [5, 5.41) is 0. The minimum atomic E-state index is -0.229. The third-order valence-corrected chi connectivity index (χ3v) is 4.95. The van der Waals surface area contributed by atoms with Crippen LogP contribution in [0.3, 0.4) is 0 Å². The SMILES string of the molecule is NNC(Cc1cccc(F)c1Br)C1Cc2ccccc21. The Morgan fingerprint density at radius 3 is 2.80 bits per heavy atom. The molecule has 0 amide bonds. The third-order valence-electron chi connectivity index (χ3n) is 4.07. The maximum absolute atomic E-state index is 13.6. The summed E-state index contributed by atoms with van der Waals surface area (Å²) >= 11 is 3.32. The molecule has 3 N–H and O–H groups in total. The lowest BCUT2D eigenvalue weighted by Crippen LogP contribution is -2.45. The molecular weight excluding hydrogens is 319 g/mol. The van der Waals surface area contributed by atoms with Crippen LogP contribution in [0.2, 0.25) is 0 Å². The zero-order chi connectivity index (χ0) is 14.1. The Balaban J connectivity index is 1.81. The van der Waals surface area contributed by atoms with Crippen molar-refractivity contribution in [3.8, 4) is 0 Å². The average molecular weight is 335 g/mol. The lowest BCUT2D eigenvalue weighted by molar-refractivity contribution is 0.403. The minimum Gasteiger partial charge on any atom is -0.271 e. The van der Waals surface area contributed by atoms with Crippen molar-refractivity contribution in [3.05, 3.63) is 69.4 Å². The molecular formula is C16H16BrFN2. The van der Waals surface area contributed by atoms with E-state index in [0.717, 1.165) is 12.0 Å². The molecule has 4 heteroatoms. The third kappa shape index (κ3) is 2.39. The number of hydrazine groups is 1. The van der Waals surface area contributed by atoms with Crippen LogP contribution in [0.15, 0.2) is 46.9 Å². The van der Waals surface area contributed by atoms with Gasteiger partial charge in [-0.2, -0.15) is 0 Å². The van der Waals surface area contributed by atoms with Gasteiger partial charge in [0.25, 0.3) is 0 Å². The van der Waals surface area contributed by atoms with Gasteiger partial charge >= 0.3 is 0 Å². The van der Waals surface area contributed by atoms with Gasteiger partial charge in [0.05, 0.1) is 4.47 Å². The average Bonchev–Trinajstić information content (AvgIpc) is 2.43. The zero-order valence-electron chi connectivity index (χ0n) is 10.9. The maximum atomic E-state index is 13.6. The highest BCUT2D eigenvalue weighted by molar-refractivity contribution is 9.10. The van der Waals surface area contributed by atoms with Gasteiger partial charge in [-0.25, -0.2) is 4.39 Å². The lowest BCUT2D eigenvalue weighted by atomic mass is 9.72. The maximum Gasteiger partial charge on any atom is 0.137 e. The summed E-state index contributed by atoms with van der Waals surface area (Å²) in [7, 11) is 0. The Morgan fingerprint density at radius 2 is 2.05 bits per heavy atom. The van der Waals surface area contributed by atoms with Gasteiger partial charge in [0.1, 0.15) is 5.82 Å². The lowest BCUT2D eigenvalue weighted by Gasteiger charge is -2.36. The van der Waals surface area contributed by atoms with Gasteiger partial charge in [-0.1, -0.05) is 36.4 Å². The first kappa shape index (κ1) is 13.7. The smallest absolute Gasteiger partial charge is 0.137 e. The van der Waals surface area contributed by atoms with E-state index in [2.05, 4.69) is 45.6 Å². The Morgan fingerprint density at radius 1 is 1.25 bits per heavy atom. The van der Waals surface area contributed by atoms with E-state index in [0.29, 0.717) is 16.8 Å². The van der Waals surface area contributed by atoms with Crippen molar-refractivity contribution in [2.45, 2.75) is 24.8 Å². The van der Waals surface area contributed by atoms with Crippen molar-refractivity contribution in [3.63, 3.8) is 0 Å². The number of hydrogen-bond acceptors (Lipinski definition) is 2. The normalized spacial score (nSPS) is 18.2. The van der Waals surface area contributed by atoms with E-state index in [1.807, 2.05) is 6.07 Å². The molecule has 0 aliphatic heterocycles. The highest BCUT2D eigenvalue weighted by atomic mass is 79.9. The molecule has 20 heavy (non-hydrogen) atoms. The van der Waals surface area contributed by atoms with Gasteiger partial charge in [0.15, 0.2) is 0 Å². The molecule has 2 unspecified atom stereocenters. The van der Waals surface area contributed by atoms with Crippen molar-refractivity contribution in [2.75, 3.05) is 0 Å². The number of nitrogens with one attached hydrogen (secondary N) is 1. The first-order valence-corrected chi connectivity index (χ1v) is 7.47. The highest BCUT2D eigenvalue weighted by Gasteiger charge is 2.32. The molecule has 1 aliphatic rings. The van der Waals surface area contributed by atoms with Crippen LogP contribution in [0.4, 0.5) is 4.39 Å². The van der Waals surface area contributed by atoms with Gasteiger partial charge in [-0.3, -0.25) is 11.3 Å². The number of nitrogens with two attached hydrogens (primary N) is 1. The van der Waals surface area contributed by atoms with Gasteiger partial charge < -0.3 is 0 Å². The number of fused-ring (bicyclic) bond motifs is 1. The molecule has 0 radical (unpaired) electrons. The fourth-order valence-electron chi connectivity index (χ4n) is 2.92. The largest absolute Gasteiger partial charge is 0.271 e. The molecule has 3 rings (SSSR count). The highest BCUT2D eigenvalue weighted by Crippen LogP contribution is 2.38. The number of rotatable bonds is 4. The predicted molar refractivity (Wildman–Crippen MR) is 81.8 cm³/mol. The monoisotopic (exact) mass is 334 g/mol. The molecule has 2 aromatic carbocycles. The van der Waals surface area contributed by atoms with Crippen molar-refractivity contribution >= 4 is 15.9 Å². The second-order valence-corrected chi connectivity index (χ2v) is 5.99. The molecule has 2 atom stereocenters. The van der Waals surface area contributed by atoms with Crippen LogP contribution in [0.1, 0.15) is 22.6 Å². The van der Waals surface area contributed by atoms with E-state index in [1.54, 1.807) is 6.07 Å². The molecule has 0 saturated heterocycles. The van der Waals surface area contributed by atoms with Crippen molar-refractivity contribution < 1.29 is 4.39 Å². The Bertz CT molecular complexity index is 630. The van der Waals surface area contributed by atoms with Gasteiger partial charge in [-0.15, -0.1) is 0 Å². The van der Waals surface area contributed by atoms with Crippen molar-refractivity contribution in [1.29, 1.82) is 0 Å². The molecule has 1 aliphatic carbocycles. The molecule has 104 valence electrons. The topological polar surface area (TPSA) is 38.0 Å². The molecule has 0 saturated carbocycles. The summed E-state index contributed by atoms with van der Waals surface area (Å²) in [6.07, 6.45) is 1.73. The standard InChI is InChI=1S/C16H16BrFN2/c17-16-11(5-3-7-14(16)18)9-15(20-19)13-8-10-4-1-2-6-12(10)13/h1-7,13,15,20H,8-9,19H2. The summed E-state index contributed by atoms with van der Waals surface area (Å²) < 4.78 is 14.1. The summed E-state index contributed by atoms with van der Waals surface area (Å²) in [4.78, 5) is 0. The molecule has 0 spiro atoms. The molecule has 0 heterocycles. The van der Waals surface area contributed by atoms with Crippen LogP contribution in [-0.2, 0) is 12.8 Å². The molecule has 0 fully saturated rings. The first-order chi connectivity index (χ1) is 9.70. The van der Waals surface area contributed by atoms with E-state index >= 15 is 0 Å². The van der Waals surface area contributed by atoms with Gasteiger partial charge in [-0.05, 0) is 51.5 Å². The van der Waals surface area contributed by atoms with E-state index < -0.39 is 0 Å². The first-order valence-electron chi connectivity index (χ1n) is 6.67. The summed E-state index contributed by atoms with van der Waals surface area (Å²) in [5.74, 6) is 5.88. The molecule has 0 bridgehead atoms. The molecule has 2 aromatic rings. The quantitative estimate of drug-likeness (QED) is 0.665.